The Hall–Kier alpha value is 1.37. The predicted molar refractivity (Wildman–Crippen MR) is 105 cm³/mol. The maximum atomic E-state index is 5.65. The summed E-state index contributed by atoms with van der Waals surface area (Å²) in [6.45, 7) is 2.17. The minimum Gasteiger partial charge on any atom is -0.297 e. The van der Waals surface area contributed by atoms with E-state index in [1.165, 1.54) is 11.1 Å². The molecule has 0 aliphatic carbocycles. The summed E-state index contributed by atoms with van der Waals surface area (Å²) in [6, 6.07) is 8.78. The lowest BCUT2D eigenvalue weighted by molar-refractivity contribution is 0.709. The molecule has 0 spiro atoms. The molecule has 1 atom stereocenters. The van der Waals surface area contributed by atoms with E-state index < -0.39 is 0 Å². The van der Waals surface area contributed by atoms with E-state index in [0.29, 0.717) is 0 Å². The van der Waals surface area contributed by atoms with Gasteiger partial charge in [-0.05, 0) is 85.5 Å². The van der Waals surface area contributed by atoms with Crippen molar-refractivity contribution in [2.75, 3.05) is 7.05 Å². The number of hydrogen-bond acceptors (Lipinski definition) is 8. The highest BCUT2D eigenvalue weighted by Gasteiger charge is 2.38. The van der Waals surface area contributed by atoms with Gasteiger partial charge in [0.15, 0.2) is 0 Å². The van der Waals surface area contributed by atoms with E-state index in [1.54, 1.807) is 60.9 Å². The van der Waals surface area contributed by atoms with Crippen molar-refractivity contribution >= 4 is 77.3 Å². The molecule has 1 N–H and O–H groups in total. The van der Waals surface area contributed by atoms with Gasteiger partial charge in [0.05, 0.1) is 4.20 Å². The van der Waals surface area contributed by atoms with E-state index >= 15 is 0 Å². The fourth-order valence-corrected chi connectivity index (χ4v) is 15.2. The molecule has 1 aromatic rings. The van der Waals surface area contributed by atoms with Crippen LogP contribution >= 0.6 is 73.1 Å². The van der Waals surface area contributed by atoms with Crippen LogP contribution in [-0.4, -0.2) is 11.2 Å². The minimum absolute atomic E-state index is 0.294. The molecule has 1 aromatic carbocycles. The monoisotopic (exact) mass is 383 g/mol. The lowest BCUT2D eigenvalue weighted by Gasteiger charge is -2.33. The highest BCUT2D eigenvalue weighted by atomic mass is 33.9. The fraction of sp³-hybridized carbons (Fsp3) is 0.364. The lowest BCUT2D eigenvalue weighted by Crippen LogP contribution is -2.41. The van der Waals surface area contributed by atoms with Crippen LogP contribution in [-0.2, 0) is 11.3 Å². The van der Waals surface area contributed by atoms with Gasteiger partial charge in [-0.1, -0.05) is 43.4 Å². The largest absolute Gasteiger partial charge is 0.297 e. The first-order chi connectivity index (χ1) is 9.23. The number of nitrogens with one attached hydrogen (secondary N) is 1. The van der Waals surface area contributed by atoms with Crippen LogP contribution in [0.3, 0.4) is 0 Å². The summed E-state index contributed by atoms with van der Waals surface area (Å²) in [7, 11) is 12.5. The molecule has 0 radical (unpaired) electrons. The van der Waals surface area contributed by atoms with Crippen molar-refractivity contribution in [1.82, 2.24) is 5.32 Å². The minimum atomic E-state index is -0.294. The van der Waals surface area contributed by atoms with Crippen LogP contribution in [0.25, 0.3) is 0 Å². The summed E-state index contributed by atoms with van der Waals surface area (Å²) in [4.78, 5) is -0.294. The molecule has 0 saturated carbocycles. The third-order valence-electron chi connectivity index (χ3n) is 2.76. The topological polar surface area (TPSA) is 12.0 Å². The normalized spacial score (nSPS) is 24.8. The van der Waals surface area contributed by atoms with Crippen molar-refractivity contribution in [2.45, 2.75) is 18.2 Å². The van der Waals surface area contributed by atoms with Gasteiger partial charge in [0, 0.05) is 0 Å². The maximum absolute atomic E-state index is 5.65. The second kappa shape index (κ2) is 8.12. The van der Waals surface area contributed by atoms with Crippen molar-refractivity contribution in [3.63, 3.8) is 0 Å². The zero-order valence-electron chi connectivity index (χ0n) is 10.4. The third-order valence-corrected chi connectivity index (χ3v) is 14.9. The van der Waals surface area contributed by atoms with Gasteiger partial charge in [0.1, 0.15) is 4.87 Å². The van der Waals surface area contributed by atoms with Gasteiger partial charge < -0.3 is 0 Å². The molecule has 104 valence electrons. The van der Waals surface area contributed by atoms with Gasteiger partial charge in [-0.3, -0.25) is 5.32 Å². The number of benzene rings is 1. The summed E-state index contributed by atoms with van der Waals surface area (Å²) in [6.07, 6.45) is 1.07. The highest BCUT2D eigenvalue weighted by molar-refractivity contribution is 9.43. The molecule has 1 aliphatic heterocycles. The van der Waals surface area contributed by atoms with E-state index in [-0.39, 0.29) is 4.87 Å². The van der Waals surface area contributed by atoms with Crippen LogP contribution in [0.15, 0.2) is 24.3 Å². The number of aryl methyl sites for hydroxylation is 1. The smallest absolute Gasteiger partial charge is 0.144 e. The molecule has 1 nitrogen and oxygen atoms in total. The Morgan fingerprint density at radius 1 is 1.11 bits per heavy atom. The zero-order chi connectivity index (χ0) is 13.7. The van der Waals surface area contributed by atoms with E-state index in [9.17, 15) is 0 Å². The van der Waals surface area contributed by atoms with Crippen molar-refractivity contribution in [2.24, 2.45) is 0 Å². The van der Waals surface area contributed by atoms with Crippen LogP contribution in [0.2, 0.25) is 0 Å². The summed E-state index contributed by atoms with van der Waals surface area (Å²) in [5.74, 6) is 0. The van der Waals surface area contributed by atoms with Gasteiger partial charge in [0.25, 0.3) is 0 Å². The Bertz CT molecular complexity index is 435. The number of rotatable bonds is 3. The van der Waals surface area contributed by atoms with Crippen molar-refractivity contribution < 1.29 is 0 Å². The fourth-order valence-electron chi connectivity index (χ4n) is 1.65. The summed E-state index contributed by atoms with van der Waals surface area (Å²) in [5.41, 5.74) is 2.59. The van der Waals surface area contributed by atoms with E-state index in [0.717, 1.165) is 10.6 Å². The Kier molecular flexibility index (Phi) is 7.15. The Balaban J connectivity index is 2.34. The first kappa shape index (κ1) is 16.7. The van der Waals surface area contributed by atoms with Crippen LogP contribution < -0.4 is 5.32 Å². The third kappa shape index (κ3) is 3.97. The molecular formula is C11H13NS7. The molecule has 1 unspecified atom stereocenters. The molecule has 0 aromatic heterocycles. The van der Waals surface area contributed by atoms with Crippen LogP contribution in [0, 0.1) is 0 Å². The molecule has 1 heterocycles. The van der Waals surface area contributed by atoms with Gasteiger partial charge in [-0.2, -0.15) is 0 Å². The van der Waals surface area contributed by atoms with Crippen LogP contribution in [0.4, 0.5) is 0 Å². The first-order valence-corrected chi connectivity index (χ1v) is 13.5. The predicted octanol–water partition coefficient (Wildman–Crippen LogP) is 5.94. The highest BCUT2D eigenvalue weighted by Crippen LogP contribution is 2.61. The Morgan fingerprint density at radius 3 is 2.42 bits per heavy atom. The SMILES string of the molecule is CCc1ccc(C2(NC)SSSSSSC2=S)cc1. The second-order valence-electron chi connectivity index (χ2n) is 3.71. The standard InChI is InChI=1S/C11H13NS7/c1-3-8-4-6-9(7-5-8)11(12-2)10(13)14-16-18-19-17-15-11/h4-7,12H,3H2,1-2H3. The molecule has 1 saturated heterocycles. The van der Waals surface area contributed by atoms with Crippen LogP contribution in [0.5, 0.6) is 0 Å². The lowest BCUT2D eigenvalue weighted by atomic mass is 10.0. The average molecular weight is 384 g/mol. The molecule has 2 rings (SSSR count). The number of thiocarbonyl (C=S) groups is 1. The van der Waals surface area contributed by atoms with E-state index in [2.05, 4.69) is 36.5 Å². The molecule has 1 aliphatic rings. The zero-order valence-corrected chi connectivity index (χ0v) is 16.1. The van der Waals surface area contributed by atoms with E-state index in [1.807, 2.05) is 7.05 Å². The molecule has 19 heavy (non-hydrogen) atoms. The van der Waals surface area contributed by atoms with Gasteiger partial charge in [0.2, 0.25) is 0 Å². The van der Waals surface area contributed by atoms with E-state index in [4.69, 9.17) is 12.2 Å². The van der Waals surface area contributed by atoms with Crippen molar-refractivity contribution in [3.8, 4) is 0 Å². The quantitative estimate of drug-likeness (QED) is 0.502. The molecule has 0 bridgehead atoms. The molecule has 0 amide bonds. The molecule has 8 heteroatoms. The molecular weight excluding hydrogens is 371 g/mol. The summed E-state index contributed by atoms with van der Waals surface area (Å²) < 4.78 is 0.981. The first-order valence-electron chi connectivity index (χ1n) is 5.58. The maximum Gasteiger partial charge on any atom is 0.144 e. The Morgan fingerprint density at radius 2 is 1.79 bits per heavy atom. The summed E-state index contributed by atoms with van der Waals surface area (Å²) in [5, 5.41) is 3.43. The van der Waals surface area contributed by atoms with Crippen molar-refractivity contribution in [3.05, 3.63) is 35.4 Å². The van der Waals surface area contributed by atoms with Gasteiger partial charge in [-0.25, -0.2) is 0 Å². The van der Waals surface area contributed by atoms with Crippen molar-refractivity contribution in [1.29, 1.82) is 0 Å². The Labute approximate surface area is 142 Å². The molecule has 1 fully saturated rings. The summed E-state index contributed by atoms with van der Waals surface area (Å²) >= 11 is 5.65. The average Bonchev–Trinajstić information content (AvgIpc) is 2.45. The van der Waals surface area contributed by atoms with Gasteiger partial charge in [-0.15, -0.1) is 0 Å². The second-order valence-corrected chi connectivity index (χ2v) is 13.8. The van der Waals surface area contributed by atoms with Crippen LogP contribution in [0.1, 0.15) is 18.1 Å². The number of hydrogen-bond donors (Lipinski definition) is 1. The van der Waals surface area contributed by atoms with Gasteiger partial charge >= 0.3 is 0 Å².